The van der Waals surface area contributed by atoms with Crippen LogP contribution in [0.3, 0.4) is 0 Å². The molecule has 1 aromatic heterocycles. The highest BCUT2D eigenvalue weighted by Crippen LogP contribution is 2.19. The van der Waals surface area contributed by atoms with Gasteiger partial charge >= 0.3 is 0 Å². The first kappa shape index (κ1) is 17.6. The van der Waals surface area contributed by atoms with E-state index in [1.807, 2.05) is 35.0 Å². The number of rotatable bonds is 6. The van der Waals surface area contributed by atoms with E-state index in [-0.39, 0.29) is 16.5 Å². The SMILES string of the molecule is O=S(=O)(NCc1cccc(Cn2ccnc2)c1)c1ccc(F)c(Cl)c1. The Hall–Kier alpha value is -2.22. The highest BCUT2D eigenvalue weighted by Gasteiger charge is 2.15. The number of hydrogen-bond donors (Lipinski definition) is 1. The van der Waals surface area contributed by atoms with Gasteiger partial charge in [0.25, 0.3) is 0 Å². The van der Waals surface area contributed by atoms with Crippen molar-refractivity contribution in [3.8, 4) is 0 Å². The molecule has 2 aromatic carbocycles. The maximum Gasteiger partial charge on any atom is 0.240 e. The van der Waals surface area contributed by atoms with E-state index in [9.17, 15) is 12.8 Å². The van der Waals surface area contributed by atoms with Crippen molar-refractivity contribution in [1.29, 1.82) is 0 Å². The molecule has 25 heavy (non-hydrogen) atoms. The summed E-state index contributed by atoms with van der Waals surface area (Å²) in [6, 6.07) is 10.9. The van der Waals surface area contributed by atoms with Gasteiger partial charge in [0.1, 0.15) is 5.82 Å². The Kier molecular flexibility index (Phi) is 5.17. The van der Waals surface area contributed by atoms with Crippen molar-refractivity contribution in [1.82, 2.24) is 14.3 Å². The molecular weight excluding hydrogens is 365 g/mol. The van der Waals surface area contributed by atoms with Crippen molar-refractivity contribution in [3.63, 3.8) is 0 Å². The van der Waals surface area contributed by atoms with E-state index in [0.29, 0.717) is 6.54 Å². The lowest BCUT2D eigenvalue weighted by Gasteiger charge is -2.09. The molecule has 0 aliphatic heterocycles. The molecule has 5 nitrogen and oxygen atoms in total. The van der Waals surface area contributed by atoms with Crippen LogP contribution in [0.25, 0.3) is 0 Å². The normalized spacial score (nSPS) is 11.6. The third-order valence-corrected chi connectivity index (χ3v) is 5.27. The van der Waals surface area contributed by atoms with Gasteiger partial charge in [0.2, 0.25) is 10.0 Å². The maximum atomic E-state index is 13.2. The lowest BCUT2D eigenvalue weighted by molar-refractivity contribution is 0.580. The van der Waals surface area contributed by atoms with E-state index in [1.54, 1.807) is 12.5 Å². The van der Waals surface area contributed by atoms with Gasteiger partial charge in [-0.3, -0.25) is 0 Å². The minimum absolute atomic E-state index is 0.0755. The Balaban J connectivity index is 1.71. The second kappa shape index (κ2) is 7.35. The second-order valence-electron chi connectivity index (χ2n) is 5.46. The van der Waals surface area contributed by atoms with Crippen LogP contribution in [0.5, 0.6) is 0 Å². The van der Waals surface area contributed by atoms with Crippen LogP contribution < -0.4 is 4.72 Å². The smallest absolute Gasteiger partial charge is 0.240 e. The molecule has 3 rings (SSSR count). The molecule has 3 aromatic rings. The molecule has 0 amide bonds. The Bertz CT molecular complexity index is 975. The fraction of sp³-hybridized carbons (Fsp3) is 0.118. The molecule has 1 N–H and O–H groups in total. The van der Waals surface area contributed by atoms with E-state index in [2.05, 4.69) is 9.71 Å². The average Bonchev–Trinajstić information content (AvgIpc) is 3.09. The summed E-state index contributed by atoms with van der Waals surface area (Å²) >= 11 is 5.65. The molecule has 0 unspecified atom stereocenters. The van der Waals surface area contributed by atoms with Gasteiger partial charge in [-0.2, -0.15) is 0 Å². The summed E-state index contributed by atoms with van der Waals surface area (Å²) in [5.41, 5.74) is 1.84. The summed E-state index contributed by atoms with van der Waals surface area (Å²) in [6.07, 6.45) is 5.27. The number of sulfonamides is 1. The zero-order valence-electron chi connectivity index (χ0n) is 13.1. The van der Waals surface area contributed by atoms with E-state index in [1.165, 1.54) is 6.07 Å². The molecular formula is C17H15ClFN3O2S. The third-order valence-electron chi connectivity index (χ3n) is 3.58. The molecule has 0 saturated carbocycles. The molecule has 0 radical (unpaired) electrons. The largest absolute Gasteiger partial charge is 0.333 e. The van der Waals surface area contributed by atoms with Crippen molar-refractivity contribution >= 4 is 21.6 Å². The number of hydrogen-bond acceptors (Lipinski definition) is 3. The van der Waals surface area contributed by atoms with Crippen LogP contribution >= 0.6 is 11.6 Å². The quantitative estimate of drug-likeness (QED) is 0.715. The van der Waals surface area contributed by atoms with E-state index in [4.69, 9.17) is 11.6 Å². The van der Waals surface area contributed by atoms with Gasteiger partial charge in [-0.05, 0) is 29.3 Å². The Morgan fingerprint density at radius 1 is 1.16 bits per heavy atom. The highest BCUT2D eigenvalue weighted by atomic mass is 35.5. The molecule has 0 saturated heterocycles. The topological polar surface area (TPSA) is 64.0 Å². The fourth-order valence-corrected chi connectivity index (χ4v) is 3.62. The molecule has 0 spiro atoms. The number of benzene rings is 2. The van der Waals surface area contributed by atoms with Crippen molar-refractivity contribution in [3.05, 3.63) is 83.2 Å². The molecule has 1 heterocycles. The Labute approximate surface area is 150 Å². The van der Waals surface area contributed by atoms with Crippen molar-refractivity contribution in [2.45, 2.75) is 18.0 Å². The number of nitrogens with zero attached hydrogens (tertiary/aromatic N) is 2. The first-order chi connectivity index (χ1) is 11.9. The van der Waals surface area contributed by atoms with Gasteiger partial charge in [-0.1, -0.05) is 35.9 Å². The number of imidazole rings is 1. The molecule has 8 heteroatoms. The van der Waals surface area contributed by atoms with Crippen molar-refractivity contribution in [2.75, 3.05) is 0 Å². The number of nitrogens with one attached hydrogen (secondary N) is 1. The summed E-state index contributed by atoms with van der Waals surface area (Å²) in [7, 11) is -3.78. The Morgan fingerprint density at radius 3 is 2.68 bits per heavy atom. The zero-order chi connectivity index (χ0) is 17.9. The van der Waals surface area contributed by atoms with Crippen LogP contribution in [0.4, 0.5) is 4.39 Å². The molecule has 130 valence electrons. The highest BCUT2D eigenvalue weighted by molar-refractivity contribution is 7.89. The first-order valence-corrected chi connectivity index (χ1v) is 9.28. The summed E-state index contributed by atoms with van der Waals surface area (Å²) in [4.78, 5) is 3.91. The summed E-state index contributed by atoms with van der Waals surface area (Å²) in [6.45, 7) is 0.767. The minimum Gasteiger partial charge on any atom is -0.333 e. The van der Waals surface area contributed by atoms with Gasteiger partial charge in [0.15, 0.2) is 0 Å². The molecule has 0 fully saturated rings. The van der Waals surface area contributed by atoms with Crippen LogP contribution in [-0.4, -0.2) is 18.0 Å². The molecule has 0 atom stereocenters. The van der Waals surface area contributed by atoms with Gasteiger partial charge in [-0.15, -0.1) is 0 Å². The van der Waals surface area contributed by atoms with Gasteiger partial charge < -0.3 is 4.57 Å². The van der Waals surface area contributed by atoms with Crippen molar-refractivity contribution in [2.24, 2.45) is 0 Å². The van der Waals surface area contributed by atoms with E-state index in [0.717, 1.165) is 23.3 Å². The molecule has 0 aliphatic carbocycles. The van der Waals surface area contributed by atoms with E-state index >= 15 is 0 Å². The van der Waals surface area contributed by atoms with Gasteiger partial charge in [-0.25, -0.2) is 22.5 Å². The van der Waals surface area contributed by atoms with E-state index < -0.39 is 15.8 Å². The predicted octanol–water partition coefficient (Wildman–Crippen LogP) is 3.20. The Morgan fingerprint density at radius 2 is 1.96 bits per heavy atom. The van der Waals surface area contributed by atoms with Crippen LogP contribution in [0.1, 0.15) is 11.1 Å². The van der Waals surface area contributed by atoms with Gasteiger partial charge in [0, 0.05) is 25.5 Å². The minimum atomic E-state index is -3.78. The van der Waals surface area contributed by atoms with Crippen LogP contribution in [-0.2, 0) is 23.1 Å². The standard InChI is InChI=1S/C17H15ClFN3O2S/c18-16-9-15(4-5-17(16)19)25(23,24)21-10-13-2-1-3-14(8-13)11-22-7-6-20-12-22/h1-9,12,21H,10-11H2. The summed E-state index contributed by atoms with van der Waals surface area (Å²) in [5, 5.41) is -0.231. The average molecular weight is 380 g/mol. The van der Waals surface area contributed by atoms with Crippen LogP contribution in [0, 0.1) is 5.82 Å². The van der Waals surface area contributed by atoms with Crippen molar-refractivity contribution < 1.29 is 12.8 Å². The molecule has 0 aliphatic rings. The first-order valence-electron chi connectivity index (χ1n) is 7.42. The third kappa shape index (κ3) is 4.45. The summed E-state index contributed by atoms with van der Waals surface area (Å²) in [5.74, 6) is -0.659. The van der Waals surface area contributed by atoms with Crippen LogP contribution in [0.2, 0.25) is 5.02 Å². The lowest BCUT2D eigenvalue weighted by atomic mass is 10.1. The number of halogens is 2. The fourth-order valence-electron chi connectivity index (χ4n) is 2.33. The zero-order valence-corrected chi connectivity index (χ0v) is 14.6. The maximum absolute atomic E-state index is 13.2. The molecule has 0 bridgehead atoms. The monoisotopic (exact) mass is 379 g/mol. The van der Waals surface area contributed by atoms with Crippen LogP contribution in [0.15, 0.2) is 66.1 Å². The summed E-state index contributed by atoms with van der Waals surface area (Å²) < 4.78 is 42.2. The van der Waals surface area contributed by atoms with Gasteiger partial charge in [0.05, 0.1) is 16.2 Å². The lowest BCUT2D eigenvalue weighted by Crippen LogP contribution is -2.23. The number of aromatic nitrogens is 2. The predicted molar refractivity (Wildman–Crippen MR) is 93.2 cm³/mol. The second-order valence-corrected chi connectivity index (χ2v) is 7.63.